The molecule has 0 spiro atoms. The van der Waals surface area contributed by atoms with Crippen LogP contribution in [0.25, 0.3) is 5.76 Å². The highest BCUT2D eigenvalue weighted by molar-refractivity contribution is 6.46. The van der Waals surface area contributed by atoms with Crippen LogP contribution in [0.2, 0.25) is 0 Å². The van der Waals surface area contributed by atoms with Gasteiger partial charge in [0.25, 0.3) is 11.7 Å². The first-order valence-corrected chi connectivity index (χ1v) is 9.57. The SMILES string of the molecule is COc1ccccc1C1/C(=C(/O)c2ccc(F)cc2)C(=O)C(=O)N1Cc1cccnc1. The first kappa shape index (κ1) is 20.3. The van der Waals surface area contributed by atoms with Crippen molar-refractivity contribution < 1.29 is 23.8 Å². The summed E-state index contributed by atoms with van der Waals surface area (Å²) in [6.07, 6.45) is 3.22. The molecule has 3 aromatic rings. The predicted molar refractivity (Wildman–Crippen MR) is 111 cm³/mol. The number of hydrogen-bond donors (Lipinski definition) is 1. The largest absolute Gasteiger partial charge is 0.507 e. The molecule has 6 nitrogen and oxygen atoms in total. The van der Waals surface area contributed by atoms with Crippen LogP contribution in [0.1, 0.15) is 22.7 Å². The Balaban J connectivity index is 1.90. The van der Waals surface area contributed by atoms with Crippen molar-refractivity contribution >= 4 is 17.4 Å². The summed E-state index contributed by atoms with van der Waals surface area (Å²) < 4.78 is 18.8. The molecule has 1 aliphatic rings. The average molecular weight is 418 g/mol. The molecule has 1 unspecified atom stereocenters. The minimum atomic E-state index is -0.888. The number of aliphatic hydroxyl groups excluding tert-OH is 1. The first-order chi connectivity index (χ1) is 15.0. The zero-order valence-corrected chi connectivity index (χ0v) is 16.7. The molecule has 31 heavy (non-hydrogen) atoms. The normalized spacial score (nSPS) is 17.7. The molecule has 1 saturated heterocycles. The zero-order valence-electron chi connectivity index (χ0n) is 16.7. The summed E-state index contributed by atoms with van der Waals surface area (Å²) in [7, 11) is 1.49. The van der Waals surface area contributed by atoms with E-state index in [-0.39, 0.29) is 23.4 Å². The molecule has 0 aliphatic carbocycles. The number of carbonyl (C=O) groups excluding carboxylic acids is 2. The predicted octanol–water partition coefficient (Wildman–Crippen LogP) is 3.85. The van der Waals surface area contributed by atoms with Crippen molar-refractivity contribution in [1.29, 1.82) is 0 Å². The molecule has 1 atom stereocenters. The number of likely N-dealkylation sites (tertiary alicyclic amines) is 1. The number of nitrogens with zero attached hydrogens (tertiary/aromatic N) is 2. The van der Waals surface area contributed by atoms with Crippen molar-refractivity contribution in [2.75, 3.05) is 7.11 Å². The Kier molecular flexibility index (Phi) is 5.49. The van der Waals surface area contributed by atoms with Gasteiger partial charge in [0.15, 0.2) is 0 Å². The van der Waals surface area contributed by atoms with Crippen LogP contribution in [0.15, 0.2) is 78.6 Å². The van der Waals surface area contributed by atoms with Crippen molar-refractivity contribution in [2.45, 2.75) is 12.6 Å². The van der Waals surface area contributed by atoms with Gasteiger partial charge in [0, 0.05) is 30.1 Å². The number of amides is 1. The summed E-state index contributed by atoms with van der Waals surface area (Å²) in [4.78, 5) is 31.5. The third-order valence-electron chi connectivity index (χ3n) is 5.17. The fraction of sp³-hybridized carbons (Fsp3) is 0.125. The van der Waals surface area contributed by atoms with Gasteiger partial charge in [-0.2, -0.15) is 0 Å². The Labute approximate surface area is 178 Å². The van der Waals surface area contributed by atoms with Crippen LogP contribution >= 0.6 is 0 Å². The molecular weight excluding hydrogens is 399 g/mol. The fourth-order valence-electron chi connectivity index (χ4n) is 3.71. The van der Waals surface area contributed by atoms with Crippen molar-refractivity contribution in [3.8, 4) is 5.75 Å². The second kappa shape index (κ2) is 8.39. The van der Waals surface area contributed by atoms with Gasteiger partial charge in [-0.3, -0.25) is 14.6 Å². The number of pyridine rings is 1. The lowest BCUT2D eigenvalue weighted by Gasteiger charge is -2.26. The highest BCUT2D eigenvalue weighted by Crippen LogP contribution is 2.43. The third-order valence-corrected chi connectivity index (χ3v) is 5.17. The Bertz CT molecular complexity index is 1160. The number of aromatic nitrogens is 1. The van der Waals surface area contributed by atoms with Crippen LogP contribution < -0.4 is 4.74 Å². The lowest BCUT2D eigenvalue weighted by Crippen LogP contribution is -2.29. The number of methoxy groups -OCH3 is 1. The van der Waals surface area contributed by atoms with Gasteiger partial charge in [0.05, 0.1) is 18.7 Å². The third kappa shape index (κ3) is 3.77. The van der Waals surface area contributed by atoms with Crippen molar-refractivity contribution in [3.63, 3.8) is 0 Å². The summed E-state index contributed by atoms with van der Waals surface area (Å²) in [5, 5.41) is 11.0. The van der Waals surface area contributed by atoms with Gasteiger partial charge >= 0.3 is 0 Å². The number of ketones is 1. The van der Waals surface area contributed by atoms with Gasteiger partial charge in [-0.05, 0) is 42.0 Å². The van der Waals surface area contributed by atoms with E-state index in [0.29, 0.717) is 11.3 Å². The molecule has 0 saturated carbocycles. The number of carbonyl (C=O) groups is 2. The second-order valence-electron chi connectivity index (χ2n) is 7.04. The number of ether oxygens (including phenoxy) is 1. The topological polar surface area (TPSA) is 79.7 Å². The van der Waals surface area contributed by atoms with Gasteiger partial charge in [-0.25, -0.2) is 4.39 Å². The Hall–Kier alpha value is -4.00. The number of Topliss-reactive ketones (excluding diaryl/α,β-unsaturated/α-hetero) is 1. The lowest BCUT2D eigenvalue weighted by atomic mass is 9.94. The summed E-state index contributed by atoms with van der Waals surface area (Å²) in [5.41, 5.74) is 1.44. The van der Waals surface area contributed by atoms with E-state index in [2.05, 4.69) is 4.98 Å². The quantitative estimate of drug-likeness (QED) is 0.387. The monoisotopic (exact) mass is 418 g/mol. The molecule has 0 bridgehead atoms. The average Bonchev–Trinajstić information content (AvgIpc) is 3.04. The first-order valence-electron chi connectivity index (χ1n) is 9.57. The van der Waals surface area contributed by atoms with Gasteiger partial charge in [-0.1, -0.05) is 24.3 Å². The smallest absolute Gasteiger partial charge is 0.295 e. The highest BCUT2D eigenvalue weighted by atomic mass is 19.1. The van der Waals surface area contributed by atoms with Crippen LogP contribution in [-0.4, -0.2) is 33.8 Å². The van der Waals surface area contributed by atoms with E-state index in [0.717, 1.165) is 5.56 Å². The van der Waals surface area contributed by atoms with E-state index in [1.165, 1.54) is 36.3 Å². The molecule has 1 aromatic heterocycles. The van der Waals surface area contributed by atoms with Gasteiger partial charge in [-0.15, -0.1) is 0 Å². The number of benzene rings is 2. The van der Waals surface area contributed by atoms with Crippen LogP contribution in [0.4, 0.5) is 4.39 Å². The van der Waals surface area contributed by atoms with Crippen molar-refractivity contribution in [1.82, 2.24) is 9.88 Å². The van der Waals surface area contributed by atoms with Crippen LogP contribution in [-0.2, 0) is 16.1 Å². The van der Waals surface area contributed by atoms with Crippen molar-refractivity contribution in [3.05, 3.63) is 101 Å². The molecule has 7 heteroatoms. The summed E-state index contributed by atoms with van der Waals surface area (Å²) >= 11 is 0. The number of hydrogen-bond acceptors (Lipinski definition) is 5. The zero-order chi connectivity index (χ0) is 22.0. The van der Waals surface area contributed by atoms with E-state index in [4.69, 9.17) is 4.74 Å². The summed E-state index contributed by atoms with van der Waals surface area (Å²) in [6.45, 7) is 0.112. The highest BCUT2D eigenvalue weighted by Gasteiger charge is 2.47. The fourth-order valence-corrected chi connectivity index (χ4v) is 3.71. The maximum Gasteiger partial charge on any atom is 0.295 e. The molecule has 4 rings (SSSR count). The number of para-hydroxylation sites is 1. The van der Waals surface area contributed by atoms with E-state index < -0.39 is 23.5 Å². The molecule has 2 aromatic carbocycles. The molecule has 156 valence electrons. The number of rotatable bonds is 5. The van der Waals surface area contributed by atoms with Gasteiger partial charge in [0.2, 0.25) is 0 Å². The van der Waals surface area contributed by atoms with E-state index >= 15 is 0 Å². The van der Waals surface area contributed by atoms with E-state index in [1.54, 1.807) is 48.8 Å². The lowest BCUT2D eigenvalue weighted by molar-refractivity contribution is -0.140. The minimum Gasteiger partial charge on any atom is -0.507 e. The van der Waals surface area contributed by atoms with Gasteiger partial charge < -0.3 is 14.7 Å². The van der Waals surface area contributed by atoms with E-state index in [9.17, 15) is 19.1 Å². The van der Waals surface area contributed by atoms with Crippen LogP contribution in [0.3, 0.4) is 0 Å². The Morgan fingerprint density at radius 1 is 1.10 bits per heavy atom. The number of aliphatic hydroxyl groups is 1. The molecule has 1 fully saturated rings. The standard InChI is InChI=1S/C24H19FN2O4/c1-31-19-7-3-2-6-18(19)21-20(22(28)16-8-10-17(25)11-9-16)23(29)24(30)27(21)14-15-5-4-12-26-13-15/h2-13,21,28H,14H2,1H3/b22-20-. The maximum absolute atomic E-state index is 13.4. The molecule has 0 radical (unpaired) electrons. The van der Waals surface area contributed by atoms with Gasteiger partial charge in [0.1, 0.15) is 17.3 Å². The summed E-state index contributed by atoms with van der Waals surface area (Å²) in [5.74, 6) is -1.95. The Morgan fingerprint density at radius 2 is 1.84 bits per heavy atom. The van der Waals surface area contributed by atoms with Crippen LogP contribution in [0.5, 0.6) is 5.75 Å². The van der Waals surface area contributed by atoms with E-state index in [1.807, 2.05) is 0 Å². The minimum absolute atomic E-state index is 0.0787. The molecule has 1 amide bonds. The molecule has 1 aliphatic heterocycles. The number of halogens is 1. The second-order valence-corrected chi connectivity index (χ2v) is 7.04. The molecule has 1 N–H and O–H groups in total. The van der Waals surface area contributed by atoms with Crippen molar-refractivity contribution in [2.24, 2.45) is 0 Å². The molecular formula is C24H19FN2O4. The summed E-state index contributed by atoms with van der Waals surface area (Å²) in [6, 6.07) is 14.7. The maximum atomic E-state index is 13.4. The van der Waals surface area contributed by atoms with Crippen LogP contribution in [0, 0.1) is 5.82 Å². The Morgan fingerprint density at radius 3 is 2.52 bits per heavy atom. The molecule has 2 heterocycles.